The van der Waals surface area contributed by atoms with E-state index in [2.05, 4.69) is 12.2 Å². The van der Waals surface area contributed by atoms with Crippen LogP contribution in [0.15, 0.2) is 24.3 Å². The summed E-state index contributed by atoms with van der Waals surface area (Å²) in [6.07, 6.45) is 14.9. The lowest BCUT2D eigenvalue weighted by Gasteiger charge is -2.10. The zero-order valence-corrected chi connectivity index (χ0v) is 31.3. The van der Waals surface area contributed by atoms with Gasteiger partial charge in [0.15, 0.2) is 6.61 Å². The minimum Gasteiger partial charge on any atom is -0.491 e. The number of carboxylic acids is 1. The van der Waals surface area contributed by atoms with Crippen LogP contribution in [-0.4, -0.2) is 129 Å². The molecule has 296 valence electrons. The van der Waals surface area contributed by atoms with Crippen molar-refractivity contribution < 1.29 is 57.3 Å². The molecule has 0 heterocycles. The molecule has 2 N–H and O–H groups in total. The van der Waals surface area contributed by atoms with Crippen molar-refractivity contribution in [3.05, 3.63) is 24.3 Å². The molecule has 1 aromatic rings. The molecular weight excluding hydrogens is 662 g/mol. The van der Waals surface area contributed by atoms with Gasteiger partial charge in [0.1, 0.15) is 24.7 Å². The van der Waals surface area contributed by atoms with E-state index in [1.807, 2.05) is 0 Å². The number of hydrogen-bond acceptors (Lipinski definition) is 11. The quantitative estimate of drug-likeness (QED) is 0.0826. The number of unbranched alkanes of at least 4 members (excludes halogenated alkanes) is 9. The Balaban J connectivity index is 1.82. The smallest absolute Gasteiger partial charge is 0.329 e. The molecule has 0 saturated carbocycles. The minimum atomic E-state index is -1.00. The van der Waals surface area contributed by atoms with Crippen molar-refractivity contribution in [1.29, 1.82) is 0 Å². The molecule has 0 aromatic heterocycles. The van der Waals surface area contributed by atoms with E-state index in [-0.39, 0.29) is 25.7 Å². The number of benzene rings is 1. The molecule has 0 saturated heterocycles. The molecule has 1 amide bonds. The van der Waals surface area contributed by atoms with Crippen molar-refractivity contribution in [3.63, 3.8) is 0 Å². The van der Waals surface area contributed by atoms with Gasteiger partial charge >= 0.3 is 5.97 Å². The first-order valence-electron chi connectivity index (χ1n) is 19.0. The molecule has 0 atom stereocenters. The Labute approximate surface area is 306 Å². The summed E-state index contributed by atoms with van der Waals surface area (Å²) in [5.41, 5.74) is 0. The Kier molecular flexibility index (Phi) is 34.0. The van der Waals surface area contributed by atoms with Crippen molar-refractivity contribution in [2.24, 2.45) is 0 Å². The van der Waals surface area contributed by atoms with E-state index >= 15 is 0 Å². The summed E-state index contributed by atoms with van der Waals surface area (Å²) < 4.78 is 49.2. The van der Waals surface area contributed by atoms with Crippen molar-refractivity contribution in [2.45, 2.75) is 84.0 Å². The van der Waals surface area contributed by atoms with Gasteiger partial charge in [-0.2, -0.15) is 0 Å². The molecule has 0 spiro atoms. The van der Waals surface area contributed by atoms with Gasteiger partial charge in [-0.05, 0) is 43.5 Å². The van der Waals surface area contributed by atoms with Gasteiger partial charge in [-0.1, -0.05) is 64.7 Å². The third kappa shape index (κ3) is 34.3. The SMILES string of the molecule is CCCCCCCCCCCCOCCOCCCOCCOc1ccc(OCC(=O)NCCOCCCOCCOCCOCC(=O)O)cc1. The zero-order valence-electron chi connectivity index (χ0n) is 31.3. The van der Waals surface area contributed by atoms with Crippen LogP contribution in [0.4, 0.5) is 0 Å². The molecule has 0 aliphatic rings. The molecule has 0 radical (unpaired) electrons. The lowest BCUT2D eigenvalue weighted by Crippen LogP contribution is -2.31. The molecule has 51 heavy (non-hydrogen) atoms. The fourth-order valence-corrected chi connectivity index (χ4v) is 4.66. The molecule has 0 fully saturated rings. The second-order valence-corrected chi connectivity index (χ2v) is 12.0. The first kappa shape index (κ1) is 46.5. The van der Waals surface area contributed by atoms with Gasteiger partial charge < -0.3 is 53.1 Å². The van der Waals surface area contributed by atoms with Crippen LogP contribution >= 0.6 is 0 Å². The van der Waals surface area contributed by atoms with Crippen LogP contribution in [0.3, 0.4) is 0 Å². The summed E-state index contributed by atoms with van der Waals surface area (Å²) in [6, 6.07) is 7.11. The standard InChI is InChI=1S/C38H67NO12/c1-2-3-4-5-6-7-8-9-10-11-19-44-25-26-45-22-13-23-47-31-32-50-35-14-16-36(17-15-35)51-33-37(40)39-18-24-43-20-12-21-46-27-28-48-29-30-49-34-38(41)42/h14-17H,2-13,18-34H2,1H3,(H,39,40)(H,41,42). The van der Waals surface area contributed by atoms with Crippen LogP contribution in [0.25, 0.3) is 0 Å². The topological polar surface area (TPSA) is 149 Å². The van der Waals surface area contributed by atoms with Crippen LogP contribution in [0.5, 0.6) is 11.5 Å². The first-order chi connectivity index (χ1) is 25.1. The normalized spacial score (nSPS) is 11.2. The largest absolute Gasteiger partial charge is 0.491 e. The van der Waals surface area contributed by atoms with Crippen LogP contribution in [0.1, 0.15) is 84.0 Å². The summed E-state index contributed by atoms with van der Waals surface area (Å²) >= 11 is 0. The third-order valence-corrected chi connectivity index (χ3v) is 7.40. The fraction of sp³-hybridized carbons (Fsp3) is 0.789. The van der Waals surface area contributed by atoms with Crippen LogP contribution < -0.4 is 14.8 Å². The Morgan fingerprint density at radius 2 is 0.882 bits per heavy atom. The van der Waals surface area contributed by atoms with E-state index in [0.717, 1.165) is 25.9 Å². The van der Waals surface area contributed by atoms with Crippen molar-refractivity contribution in [3.8, 4) is 11.5 Å². The number of carboxylic acid groups (broad SMARTS) is 1. The molecule has 1 aromatic carbocycles. The number of amides is 1. The predicted octanol–water partition coefficient (Wildman–Crippen LogP) is 5.46. The maximum absolute atomic E-state index is 12.0. The third-order valence-electron chi connectivity index (χ3n) is 7.40. The number of aliphatic carboxylic acids is 1. The Bertz CT molecular complexity index is 905. The van der Waals surface area contributed by atoms with E-state index in [1.165, 1.54) is 57.8 Å². The molecule has 1 rings (SSSR count). The predicted molar refractivity (Wildman–Crippen MR) is 195 cm³/mol. The maximum Gasteiger partial charge on any atom is 0.329 e. The monoisotopic (exact) mass is 729 g/mol. The zero-order chi connectivity index (χ0) is 36.7. The lowest BCUT2D eigenvalue weighted by molar-refractivity contribution is -0.142. The van der Waals surface area contributed by atoms with Crippen molar-refractivity contribution in [1.82, 2.24) is 5.32 Å². The van der Waals surface area contributed by atoms with E-state index in [1.54, 1.807) is 24.3 Å². The van der Waals surface area contributed by atoms with Gasteiger partial charge in [-0.25, -0.2) is 4.79 Å². The number of carbonyl (C=O) groups excluding carboxylic acids is 1. The summed E-state index contributed by atoms with van der Waals surface area (Å²) in [4.78, 5) is 22.3. The second kappa shape index (κ2) is 37.2. The fourth-order valence-electron chi connectivity index (χ4n) is 4.66. The molecule has 0 unspecified atom stereocenters. The number of ether oxygens (including phenoxy) is 9. The highest BCUT2D eigenvalue weighted by Crippen LogP contribution is 2.17. The summed E-state index contributed by atoms with van der Waals surface area (Å²) in [7, 11) is 0. The van der Waals surface area contributed by atoms with E-state index in [9.17, 15) is 9.59 Å². The molecule has 0 bridgehead atoms. The number of hydrogen-bond donors (Lipinski definition) is 2. The number of carbonyl (C=O) groups is 2. The van der Waals surface area contributed by atoms with E-state index in [4.69, 9.17) is 47.7 Å². The van der Waals surface area contributed by atoms with Crippen molar-refractivity contribution in [2.75, 3.05) is 112 Å². The highest BCUT2D eigenvalue weighted by molar-refractivity contribution is 5.77. The summed E-state index contributed by atoms with van der Waals surface area (Å²) in [6.45, 7) is 9.37. The first-order valence-corrected chi connectivity index (χ1v) is 19.0. The Morgan fingerprint density at radius 3 is 1.41 bits per heavy atom. The van der Waals surface area contributed by atoms with Gasteiger partial charge in [-0.3, -0.25) is 4.79 Å². The van der Waals surface area contributed by atoms with Crippen LogP contribution in [-0.2, 0) is 42.7 Å². The van der Waals surface area contributed by atoms with Gasteiger partial charge in [-0.15, -0.1) is 0 Å². The van der Waals surface area contributed by atoms with Gasteiger partial charge in [0, 0.05) is 39.6 Å². The summed E-state index contributed by atoms with van der Waals surface area (Å²) in [5.74, 6) is 0.0445. The molecule has 13 heteroatoms. The Hall–Kier alpha value is -2.52. The number of nitrogens with one attached hydrogen (secondary N) is 1. The average molecular weight is 730 g/mol. The lowest BCUT2D eigenvalue weighted by atomic mass is 10.1. The van der Waals surface area contributed by atoms with Gasteiger partial charge in [0.25, 0.3) is 5.91 Å². The highest BCUT2D eigenvalue weighted by atomic mass is 16.6. The van der Waals surface area contributed by atoms with E-state index < -0.39 is 5.97 Å². The van der Waals surface area contributed by atoms with Crippen LogP contribution in [0, 0.1) is 0 Å². The molecule has 0 aliphatic carbocycles. The molecule has 0 aliphatic heterocycles. The van der Waals surface area contributed by atoms with E-state index in [0.29, 0.717) is 97.3 Å². The average Bonchev–Trinajstić information content (AvgIpc) is 3.13. The molecular formula is C38H67NO12. The van der Waals surface area contributed by atoms with Crippen molar-refractivity contribution >= 4 is 11.9 Å². The van der Waals surface area contributed by atoms with Gasteiger partial charge in [0.05, 0.1) is 52.9 Å². The van der Waals surface area contributed by atoms with Gasteiger partial charge in [0.2, 0.25) is 0 Å². The second-order valence-electron chi connectivity index (χ2n) is 12.0. The summed E-state index contributed by atoms with van der Waals surface area (Å²) in [5, 5.41) is 11.2. The Morgan fingerprint density at radius 1 is 0.471 bits per heavy atom. The van der Waals surface area contributed by atoms with Crippen LogP contribution in [0.2, 0.25) is 0 Å². The molecule has 13 nitrogen and oxygen atoms in total. The highest BCUT2D eigenvalue weighted by Gasteiger charge is 2.04. The minimum absolute atomic E-state index is 0.0915. The maximum atomic E-state index is 12.0. The number of rotatable bonds is 40.